The standard InChI is InChI=1S/C12H15FN2O4S/c1-8-7-9(12(16)17)4-6-15(8)20(18,19)11-10(13)3-2-5-14-11/h2-3,5,8-9H,4,6-7H2,1H3,(H,16,17). The van der Waals surface area contributed by atoms with E-state index in [1.54, 1.807) is 6.92 Å². The normalized spacial score (nSPS) is 24.5. The van der Waals surface area contributed by atoms with Gasteiger partial charge in [-0.05, 0) is 31.9 Å². The zero-order valence-corrected chi connectivity index (χ0v) is 11.7. The average Bonchev–Trinajstić information content (AvgIpc) is 2.38. The molecule has 0 amide bonds. The van der Waals surface area contributed by atoms with Gasteiger partial charge in [0.15, 0.2) is 5.82 Å². The minimum atomic E-state index is -4.04. The molecule has 0 aromatic carbocycles. The summed E-state index contributed by atoms with van der Waals surface area (Å²) in [6.07, 6.45) is 1.64. The largest absolute Gasteiger partial charge is 0.481 e. The predicted octanol–water partition coefficient (Wildman–Crippen LogP) is 1.09. The Hall–Kier alpha value is -1.54. The summed E-state index contributed by atoms with van der Waals surface area (Å²) in [5.41, 5.74) is 0. The first kappa shape index (κ1) is 14.9. The first-order chi connectivity index (χ1) is 9.34. The van der Waals surface area contributed by atoms with Crippen LogP contribution in [0.3, 0.4) is 0 Å². The number of carboxylic acid groups (broad SMARTS) is 1. The molecule has 0 bridgehead atoms. The topological polar surface area (TPSA) is 87.6 Å². The zero-order chi connectivity index (χ0) is 14.9. The van der Waals surface area contributed by atoms with Crippen LogP contribution in [0.25, 0.3) is 0 Å². The SMILES string of the molecule is CC1CC(C(=O)O)CCN1S(=O)(=O)c1ncccc1F. The molecule has 1 aromatic heterocycles. The van der Waals surface area contributed by atoms with Crippen molar-refractivity contribution in [2.75, 3.05) is 6.54 Å². The van der Waals surface area contributed by atoms with Gasteiger partial charge in [0.1, 0.15) is 0 Å². The molecule has 0 aliphatic carbocycles. The van der Waals surface area contributed by atoms with E-state index in [1.807, 2.05) is 0 Å². The van der Waals surface area contributed by atoms with Crippen molar-refractivity contribution in [3.05, 3.63) is 24.1 Å². The van der Waals surface area contributed by atoms with Gasteiger partial charge < -0.3 is 5.11 Å². The maximum Gasteiger partial charge on any atom is 0.306 e. The smallest absolute Gasteiger partial charge is 0.306 e. The molecule has 0 spiro atoms. The Kier molecular flexibility index (Phi) is 4.05. The van der Waals surface area contributed by atoms with Gasteiger partial charge in [0.2, 0.25) is 5.03 Å². The van der Waals surface area contributed by atoms with Crippen molar-refractivity contribution in [1.29, 1.82) is 0 Å². The monoisotopic (exact) mass is 302 g/mol. The van der Waals surface area contributed by atoms with Crippen molar-refractivity contribution in [1.82, 2.24) is 9.29 Å². The number of rotatable bonds is 3. The van der Waals surface area contributed by atoms with E-state index in [9.17, 15) is 17.6 Å². The van der Waals surface area contributed by atoms with Crippen molar-refractivity contribution in [2.24, 2.45) is 5.92 Å². The van der Waals surface area contributed by atoms with E-state index >= 15 is 0 Å². The van der Waals surface area contributed by atoms with E-state index in [0.29, 0.717) is 0 Å². The van der Waals surface area contributed by atoms with E-state index in [2.05, 4.69) is 4.98 Å². The van der Waals surface area contributed by atoms with Crippen LogP contribution in [0.4, 0.5) is 4.39 Å². The molecule has 2 rings (SSSR count). The van der Waals surface area contributed by atoms with Gasteiger partial charge in [0, 0.05) is 18.8 Å². The minimum Gasteiger partial charge on any atom is -0.481 e. The Labute approximate surface area is 116 Å². The van der Waals surface area contributed by atoms with Crippen molar-refractivity contribution in [3.63, 3.8) is 0 Å². The fourth-order valence-electron chi connectivity index (χ4n) is 2.40. The van der Waals surface area contributed by atoms with E-state index in [-0.39, 0.29) is 19.4 Å². The van der Waals surface area contributed by atoms with Crippen LogP contribution >= 0.6 is 0 Å². The molecule has 1 aliphatic heterocycles. The third-order valence-corrected chi connectivity index (χ3v) is 5.39. The van der Waals surface area contributed by atoms with Crippen LogP contribution in [0.2, 0.25) is 0 Å². The van der Waals surface area contributed by atoms with E-state index < -0.39 is 38.8 Å². The molecule has 20 heavy (non-hydrogen) atoms. The Morgan fingerprint density at radius 2 is 2.25 bits per heavy atom. The number of pyridine rings is 1. The highest BCUT2D eigenvalue weighted by Crippen LogP contribution is 2.28. The molecule has 0 saturated carbocycles. The van der Waals surface area contributed by atoms with E-state index in [4.69, 9.17) is 5.11 Å². The molecule has 1 fully saturated rings. The number of piperidine rings is 1. The molecular formula is C12H15FN2O4S. The summed E-state index contributed by atoms with van der Waals surface area (Å²) < 4.78 is 39.5. The van der Waals surface area contributed by atoms with Crippen LogP contribution in [0.5, 0.6) is 0 Å². The van der Waals surface area contributed by atoms with Gasteiger partial charge in [-0.25, -0.2) is 17.8 Å². The van der Waals surface area contributed by atoms with Crippen molar-refractivity contribution < 1.29 is 22.7 Å². The lowest BCUT2D eigenvalue weighted by Crippen LogP contribution is -2.46. The number of halogens is 1. The molecule has 0 radical (unpaired) electrons. The number of aliphatic carboxylic acids is 1. The first-order valence-electron chi connectivity index (χ1n) is 6.19. The number of carbonyl (C=O) groups is 1. The van der Waals surface area contributed by atoms with Crippen LogP contribution in [-0.2, 0) is 14.8 Å². The van der Waals surface area contributed by atoms with Gasteiger partial charge in [-0.2, -0.15) is 4.31 Å². The van der Waals surface area contributed by atoms with Crippen LogP contribution < -0.4 is 0 Å². The molecule has 6 nitrogen and oxygen atoms in total. The third kappa shape index (κ3) is 2.66. The fourth-order valence-corrected chi connectivity index (χ4v) is 4.04. The number of nitrogens with zero attached hydrogens (tertiary/aromatic N) is 2. The lowest BCUT2D eigenvalue weighted by atomic mass is 9.93. The maximum absolute atomic E-state index is 13.6. The Bertz CT molecular complexity index is 620. The van der Waals surface area contributed by atoms with Crippen molar-refractivity contribution in [3.8, 4) is 0 Å². The van der Waals surface area contributed by atoms with Crippen molar-refractivity contribution in [2.45, 2.75) is 30.8 Å². The molecule has 1 aliphatic rings. The lowest BCUT2D eigenvalue weighted by Gasteiger charge is -2.34. The number of aromatic nitrogens is 1. The highest BCUT2D eigenvalue weighted by atomic mass is 32.2. The van der Waals surface area contributed by atoms with Crippen LogP contribution in [-0.4, -0.2) is 41.4 Å². The predicted molar refractivity (Wildman–Crippen MR) is 67.9 cm³/mol. The molecule has 1 N–H and O–H groups in total. The second kappa shape index (κ2) is 5.45. The lowest BCUT2D eigenvalue weighted by molar-refractivity contribution is -0.143. The molecule has 110 valence electrons. The summed E-state index contributed by atoms with van der Waals surface area (Å²) in [5, 5.41) is 8.36. The summed E-state index contributed by atoms with van der Waals surface area (Å²) in [6.45, 7) is 1.67. The molecule has 1 aromatic rings. The summed E-state index contributed by atoms with van der Waals surface area (Å²) >= 11 is 0. The number of sulfonamides is 1. The highest BCUT2D eigenvalue weighted by molar-refractivity contribution is 7.89. The number of hydrogen-bond acceptors (Lipinski definition) is 4. The van der Waals surface area contributed by atoms with Gasteiger partial charge in [-0.1, -0.05) is 0 Å². The third-order valence-electron chi connectivity index (χ3n) is 3.44. The van der Waals surface area contributed by atoms with Gasteiger partial charge in [0.05, 0.1) is 5.92 Å². The van der Waals surface area contributed by atoms with E-state index in [1.165, 1.54) is 12.3 Å². The van der Waals surface area contributed by atoms with E-state index in [0.717, 1.165) is 10.4 Å². The van der Waals surface area contributed by atoms with Gasteiger partial charge in [-0.3, -0.25) is 4.79 Å². The molecule has 2 unspecified atom stereocenters. The summed E-state index contributed by atoms with van der Waals surface area (Å²) in [7, 11) is -4.04. The van der Waals surface area contributed by atoms with Crippen LogP contribution in [0.1, 0.15) is 19.8 Å². The fraction of sp³-hybridized carbons (Fsp3) is 0.500. The minimum absolute atomic E-state index is 0.0521. The van der Waals surface area contributed by atoms with Gasteiger partial charge in [-0.15, -0.1) is 0 Å². The summed E-state index contributed by atoms with van der Waals surface area (Å²) in [6, 6.07) is 1.85. The van der Waals surface area contributed by atoms with Gasteiger partial charge >= 0.3 is 5.97 Å². The molecule has 2 atom stereocenters. The van der Waals surface area contributed by atoms with Crippen LogP contribution in [0, 0.1) is 11.7 Å². The summed E-state index contributed by atoms with van der Waals surface area (Å²) in [5.74, 6) is -2.40. The Morgan fingerprint density at radius 3 is 2.80 bits per heavy atom. The highest BCUT2D eigenvalue weighted by Gasteiger charge is 2.38. The molecule has 1 saturated heterocycles. The number of hydrogen-bond donors (Lipinski definition) is 1. The Morgan fingerprint density at radius 1 is 1.55 bits per heavy atom. The molecule has 2 heterocycles. The van der Waals surface area contributed by atoms with Crippen molar-refractivity contribution >= 4 is 16.0 Å². The molecule has 8 heteroatoms. The first-order valence-corrected chi connectivity index (χ1v) is 7.63. The van der Waals surface area contributed by atoms with Gasteiger partial charge in [0.25, 0.3) is 10.0 Å². The second-order valence-corrected chi connectivity index (χ2v) is 6.62. The second-order valence-electron chi connectivity index (χ2n) is 4.81. The summed E-state index contributed by atoms with van der Waals surface area (Å²) in [4.78, 5) is 14.5. The average molecular weight is 302 g/mol. The Balaban J connectivity index is 2.28. The zero-order valence-electron chi connectivity index (χ0n) is 10.9. The molecular weight excluding hydrogens is 287 g/mol. The van der Waals surface area contributed by atoms with Crippen LogP contribution in [0.15, 0.2) is 23.4 Å². The number of carboxylic acids is 1. The maximum atomic E-state index is 13.6. The quantitative estimate of drug-likeness (QED) is 0.903.